The number of H-pyrrole nitrogens is 1. The number of pyridine rings is 2. The number of fused-ring (bicyclic) bond motifs is 1. The lowest BCUT2D eigenvalue weighted by Crippen LogP contribution is -1.94. The number of hydrogen-bond donors (Lipinski definition) is 2. The second kappa shape index (κ2) is 3.90. The van der Waals surface area contributed by atoms with Gasteiger partial charge in [0.2, 0.25) is 0 Å². The van der Waals surface area contributed by atoms with E-state index in [0.29, 0.717) is 0 Å². The quantitative estimate of drug-likeness (QED) is 0.703. The highest BCUT2D eigenvalue weighted by atomic mass is 15.0. The molecule has 0 amide bonds. The molecule has 0 atom stereocenters. The van der Waals surface area contributed by atoms with Crippen molar-refractivity contribution in [2.24, 2.45) is 0 Å². The van der Waals surface area contributed by atoms with Crippen LogP contribution >= 0.6 is 0 Å². The van der Waals surface area contributed by atoms with E-state index in [1.165, 1.54) is 0 Å². The van der Waals surface area contributed by atoms with Crippen LogP contribution in [-0.2, 0) is 0 Å². The summed E-state index contributed by atoms with van der Waals surface area (Å²) < 4.78 is 0. The van der Waals surface area contributed by atoms with Crippen molar-refractivity contribution in [1.82, 2.24) is 15.0 Å². The number of aromatic amines is 1. The lowest BCUT2D eigenvalue weighted by molar-refractivity contribution is 1.20. The van der Waals surface area contributed by atoms with Crippen LogP contribution in [0.3, 0.4) is 0 Å². The van der Waals surface area contributed by atoms with Crippen molar-refractivity contribution >= 4 is 22.5 Å². The van der Waals surface area contributed by atoms with Crippen LogP contribution in [0.25, 0.3) is 11.0 Å². The van der Waals surface area contributed by atoms with Crippen LogP contribution in [-0.4, -0.2) is 15.0 Å². The predicted molar refractivity (Wildman–Crippen MR) is 68.4 cm³/mol. The molecule has 3 aromatic rings. The summed E-state index contributed by atoms with van der Waals surface area (Å²) in [5, 5.41) is 4.33. The Bertz CT molecular complexity index is 640. The molecule has 0 aliphatic heterocycles. The van der Waals surface area contributed by atoms with Gasteiger partial charge in [0.05, 0.1) is 11.9 Å². The second-order valence-electron chi connectivity index (χ2n) is 3.93. The average molecular weight is 224 g/mol. The Hall–Kier alpha value is -2.36. The maximum absolute atomic E-state index is 4.46. The first kappa shape index (κ1) is 9.84. The molecule has 17 heavy (non-hydrogen) atoms. The van der Waals surface area contributed by atoms with Gasteiger partial charge in [-0.1, -0.05) is 0 Å². The second-order valence-corrected chi connectivity index (χ2v) is 3.93. The zero-order chi connectivity index (χ0) is 11.7. The minimum absolute atomic E-state index is 0.811. The minimum atomic E-state index is 0.811. The van der Waals surface area contributed by atoms with Crippen molar-refractivity contribution in [3.63, 3.8) is 0 Å². The van der Waals surface area contributed by atoms with Crippen molar-refractivity contribution in [2.45, 2.75) is 6.92 Å². The highest BCUT2D eigenvalue weighted by Crippen LogP contribution is 2.17. The first-order valence-corrected chi connectivity index (χ1v) is 5.45. The zero-order valence-corrected chi connectivity index (χ0v) is 9.44. The SMILES string of the molecule is Cc1ccc(Nc2ccc3cc[nH]c3n2)cn1. The Morgan fingerprint density at radius 3 is 2.88 bits per heavy atom. The fourth-order valence-corrected chi connectivity index (χ4v) is 1.69. The molecule has 0 aliphatic rings. The molecule has 0 saturated heterocycles. The summed E-state index contributed by atoms with van der Waals surface area (Å²) >= 11 is 0. The van der Waals surface area contributed by atoms with E-state index in [-0.39, 0.29) is 0 Å². The molecule has 3 heterocycles. The van der Waals surface area contributed by atoms with E-state index in [9.17, 15) is 0 Å². The maximum atomic E-state index is 4.46. The minimum Gasteiger partial charge on any atom is -0.346 e. The maximum Gasteiger partial charge on any atom is 0.139 e. The van der Waals surface area contributed by atoms with Gasteiger partial charge in [-0.15, -0.1) is 0 Å². The van der Waals surface area contributed by atoms with Crippen LogP contribution in [0.4, 0.5) is 11.5 Å². The summed E-state index contributed by atoms with van der Waals surface area (Å²) in [4.78, 5) is 11.8. The van der Waals surface area contributed by atoms with Gasteiger partial charge in [0.25, 0.3) is 0 Å². The number of aromatic nitrogens is 3. The summed E-state index contributed by atoms with van der Waals surface area (Å²) in [5.74, 6) is 0.811. The highest BCUT2D eigenvalue weighted by molar-refractivity contribution is 5.77. The van der Waals surface area contributed by atoms with Crippen molar-refractivity contribution in [1.29, 1.82) is 0 Å². The molecule has 2 N–H and O–H groups in total. The van der Waals surface area contributed by atoms with Crippen LogP contribution in [0.1, 0.15) is 5.69 Å². The van der Waals surface area contributed by atoms with E-state index in [1.54, 1.807) is 6.20 Å². The molecule has 0 radical (unpaired) electrons. The molecule has 3 aromatic heterocycles. The molecule has 0 fully saturated rings. The van der Waals surface area contributed by atoms with Crippen molar-refractivity contribution in [3.8, 4) is 0 Å². The molecule has 84 valence electrons. The van der Waals surface area contributed by atoms with E-state index in [2.05, 4.69) is 20.3 Å². The Balaban J connectivity index is 1.91. The third kappa shape index (κ3) is 1.97. The number of aryl methyl sites for hydroxylation is 1. The summed E-state index contributed by atoms with van der Waals surface area (Å²) in [7, 11) is 0. The van der Waals surface area contributed by atoms with Crippen LogP contribution in [0.5, 0.6) is 0 Å². The lowest BCUT2D eigenvalue weighted by Gasteiger charge is -2.05. The smallest absolute Gasteiger partial charge is 0.139 e. The highest BCUT2D eigenvalue weighted by Gasteiger charge is 1.99. The Kier molecular flexibility index (Phi) is 2.26. The van der Waals surface area contributed by atoms with E-state index in [0.717, 1.165) is 28.2 Å². The normalized spacial score (nSPS) is 10.6. The lowest BCUT2D eigenvalue weighted by atomic mass is 10.3. The van der Waals surface area contributed by atoms with Gasteiger partial charge in [-0.05, 0) is 37.3 Å². The largest absolute Gasteiger partial charge is 0.346 e. The molecule has 0 spiro atoms. The van der Waals surface area contributed by atoms with Gasteiger partial charge in [0.1, 0.15) is 11.5 Å². The molecule has 0 saturated carbocycles. The van der Waals surface area contributed by atoms with Gasteiger partial charge in [-0.2, -0.15) is 0 Å². The van der Waals surface area contributed by atoms with Crippen LogP contribution in [0.15, 0.2) is 42.7 Å². The molecular formula is C13H12N4. The summed E-state index contributed by atoms with van der Waals surface area (Å²) in [6.45, 7) is 1.97. The van der Waals surface area contributed by atoms with Crippen molar-refractivity contribution < 1.29 is 0 Å². The summed E-state index contributed by atoms with van der Waals surface area (Å²) in [6, 6.07) is 9.94. The molecule has 0 aliphatic carbocycles. The molecule has 0 bridgehead atoms. The van der Waals surface area contributed by atoms with Gasteiger partial charge in [0.15, 0.2) is 0 Å². The van der Waals surface area contributed by atoms with E-state index in [1.807, 2.05) is 43.5 Å². The molecule has 4 nitrogen and oxygen atoms in total. The first-order valence-electron chi connectivity index (χ1n) is 5.45. The van der Waals surface area contributed by atoms with Gasteiger partial charge in [-0.25, -0.2) is 4.98 Å². The van der Waals surface area contributed by atoms with Gasteiger partial charge >= 0.3 is 0 Å². The number of rotatable bonds is 2. The van der Waals surface area contributed by atoms with Crippen molar-refractivity contribution in [3.05, 3.63) is 48.4 Å². The fourth-order valence-electron chi connectivity index (χ4n) is 1.69. The fraction of sp³-hybridized carbons (Fsp3) is 0.0769. The molecule has 4 heteroatoms. The van der Waals surface area contributed by atoms with Crippen molar-refractivity contribution in [2.75, 3.05) is 5.32 Å². The Morgan fingerprint density at radius 1 is 1.12 bits per heavy atom. The van der Waals surface area contributed by atoms with Gasteiger partial charge in [0, 0.05) is 17.3 Å². The predicted octanol–water partition coefficient (Wildman–Crippen LogP) is 3.01. The van der Waals surface area contributed by atoms with E-state index < -0.39 is 0 Å². The van der Waals surface area contributed by atoms with Crippen LogP contribution < -0.4 is 5.32 Å². The van der Waals surface area contributed by atoms with Crippen LogP contribution in [0.2, 0.25) is 0 Å². The number of nitrogens with zero attached hydrogens (tertiary/aromatic N) is 2. The zero-order valence-electron chi connectivity index (χ0n) is 9.44. The molecule has 0 aromatic carbocycles. The van der Waals surface area contributed by atoms with Gasteiger partial charge in [-0.3, -0.25) is 4.98 Å². The Morgan fingerprint density at radius 2 is 2.06 bits per heavy atom. The third-order valence-electron chi connectivity index (χ3n) is 2.59. The van der Waals surface area contributed by atoms with E-state index >= 15 is 0 Å². The first-order chi connectivity index (χ1) is 8.31. The Labute approximate surface area is 98.7 Å². The standard InChI is InChI=1S/C13H12N4/c1-9-2-4-11(8-15-9)16-12-5-3-10-6-7-14-13(10)17-12/h2-8H,1H3,(H2,14,16,17). The number of hydrogen-bond acceptors (Lipinski definition) is 3. The third-order valence-corrected chi connectivity index (χ3v) is 2.59. The van der Waals surface area contributed by atoms with Gasteiger partial charge < -0.3 is 10.3 Å². The van der Waals surface area contributed by atoms with Crippen LogP contribution in [0, 0.1) is 6.92 Å². The summed E-state index contributed by atoms with van der Waals surface area (Å²) in [5.41, 5.74) is 2.83. The topological polar surface area (TPSA) is 53.6 Å². The number of nitrogens with one attached hydrogen (secondary N) is 2. The average Bonchev–Trinajstić information content (AvgIpc) is 2.79. The monoisotopic (exact) mass is 224 g/mol. The molecular weight excluding hydrogens is 212 g/mol. The number of anilines is 2. The van der Waals surface area contributed by atoms with E-state index in [4.69, 9.17) is 0 Å². The summed E-state index contributed by atoms with van der Waals surface area (Å²) in [6.07, 6.45) is 3.69. The molecule has 0 unspecified atom stereocenters. The molecule has 3 rings (SSSR count).